The number of hydrogen-bond donors (Lipinski definition) is 2. The van der Waals surface area contributed by atoms with Crippen molar-refractivity contribution in [1.29, 1.82) is 5.26 Å². The van der Waals surface area contributed by atoms with E-state index in [1.54, 1.807) is 6.92 Å². The van der Waals surface area contributed by atoms with Crippen molar-refractivity contribution in [2.75, 3.05) is 32.5 Å². The van der Waals surface area contributed by atoms with Gasteiger partial charge in [-0.15, -0.1) is 11.8 Å². The van der Waals surface area contributed by atoms with Crippen LogP contribution >= 0.6 is 11.8 Å². The summed E-state index contributed by atoms with van der Waals surface area (Å²) in [7, 11) is -2.57. The molecule has 2 N–H and O–H groups in total. The average molecular weight is 688 g/mol. The SMILES string of the molecule is COc1c(C)cc2c(c1O)[C@@H]1N[C@H](C2)[C@H](C#N)N2C1[C@@H]1SC[C@H](OS(C)(=O)=O)C(=O)OC[C@H]2c2c3c(c(C)c(OC(C)=O)c21)OCO3. The van der Waals surface area contributed by atoms with Gasteiger partial charge < -0.3 is 34.1 Å². The largest absolute Gasteiger partial charge is 0.504 e. The molecule has 0 amide bonds. The summed E-state index contributed by atoms with van der Waals surface area (Å²) < 4.78 is 58.8. The molecule has 2 aromatic rings. The number of phenols is 1. The summed E-state index contributed by atoms with van der Waals surface area (Å²) in [5.74, 6) is -0.312. The fourth-order valence-electron chi connectivity index (χ4n) is 7.83. The quantitative estimate of drug-likeness (QED) is 0.271. The molecule has 7 rings (SSSR count). The first kappa shape index (κ1) is 31.8. The van der Waals surface area contributed by atoms with Gasteiger partial charge in [0, 0.05) is 47.0 Å². The number of methoxy groups -OCH3 is 1. The summed E-state index contributed by atoms with van der Waals surface area (Å²) in [5.41, 5.74) is 3.84. The molecule has 2 fully saturated rings. The second-order valence-electron chi connectivity index (χ2n) is 12.2. The predicted octanol–water partition coefficient (Wildman–Crippen LogP) is 2.23. The van der Waals surface area contributed by atoms with Gasteiger partial charge in [-0.3, -0.25) is 13.9 Å². The predicted molar refractivity (Wildman–Crippen MR) is 165 cm³/mol. The molecule has 5 aliphatic rings. The number of carbonyl (C=O) groups is 2. The molecule has 0 saturated carbocycles. The van der Waals surface area contributed by atoms with Crippen molar-refractivity contribution in [3.8, 4) is 34.8 Å². The zero-order chi connectivity index (χ0) is 33.5. The summed E-state index contributed by atoms with van der Waals surface area (Å²) in [6, 6.07) is 1.29. The number of nitriles is 1. The number of nitrogens with one attached hydrogen (secondary N) is 1. The molecule has 7 atom stereocenters. The average Bonchev–Trinajstić information content (AvgIpc) is 3.49. The molecule has 1 unspecified atom stereocenters. The molecule has 2 aromatic carbocycles. The Hall–Kier alpha value is -3.75. The van der Waals surface area contributed by atoms with Gasteiger partial charge >= 0.3 is 11.9 Å². The van der Waals surface area contributed by atoms with Crippen molar-refractivity contribution in [3.63, 3.8) is 0 Å². The van der Waals surface area contributed by atoms with E-state index < -0.39 is 57.6 Å². The molecular weight excluding hydrogens is 654 g/mol. The number of cyclic esters (lactones) is 1. The molecular formula is C31H33N3O11S2. The molecule has 0 aliphatic carbocycles. The number of benzene rings is 2. The van der Waals surface area contributed by atoms with Crippen molar-refractivity contribution in [3.05, 3.63) is 39.4 Å². The van der Waals surface area contributed by atoms with E-state index in [-0.39, 0.29) is 36.7 Å². The summed E-state index contributed by atoms with van der Waals surface area (Å²) >= 11 is 1.20. The molecule has 0 aromatic heterocycles. The van der Waals surface area contributed by atoms with Crippen LogP contribution in [0.4, 0.5) is 0 Å². The summed E-state index contributed by atoms with van der Waals surface area (Å²) in [4.78, 5) is 27.9. The van der Waals surface area contributed by atoms with Gasteiger partial charge in [-0.1, -0.05) is 6.07 Å². The first-order valence-corrected chi connectivity index (χ1v) is 17.8. The lowest BCUT2D eigenvalue weighted by Crippen LogP contribution is -2.69. The van der Waals surface area contributed by atoms with Crippen molar-refractivity contribution in [1.82, 2.24) is 10.2 Å². The van der Waals surface area contributed by atoms with E-state index in [1.807, 2.05) is 17.9 Å². The molecule has 2 saturated heterocycles. The minimum absolute atomic E-state index is 0.0289. The Kier molecular flexibility index (Phi) is 7.75. The van der Waals surface area contributed by atoms with Crippen LogP contribution in [0.5, 0.6) is 28.7 Å². The van der Waals surface area contributed by atoms with E-state index in [1.165, 1.54) is 25.8 Å². The van der Waals surface area contributed by atoms with E-state index in [0.717, 1.165) is 17.4 Å². The second-order valence-corrected chi connectivity index (χ2v) is 15.0. The van der Waals surface area contributed by atoms with Gasteiger partial charge in [0.15, 0.2) is 29.1 Å². The Morgan fingerprint density at radius 3 is 2.60 bits per heavy atom. The maximum absolute atomic E-state index is 13.3. The van der Waals surface area contributed by atoms with Crippen molar-refractivity contribution < 1.29 is 51.0 Å². The van der Waals surface area contributed by atoms with Crippen LogP contribution in [0.15, 0.2) is 6.07 Å². The minimum atomic E-state index is -4.06. The van der Waals surface area contributed by atoms with Crippen LogP contribution in [-0.2, 0) is 35.0 Å². The van der Waals surface area contributed by atoms with Crippen LogP contribution in [0.2, 0.25) is 0 Å². The molecule has 250 valence electrons. The smallest absolute Gasteiger partial charge is 0.337 e. The molecule has 0 spiro atoms. The number of hydrogen-bond acceptors (Lipinski definition) is 15. The first-order valence-electron chi connectivity index (χ1n) is 15.0. The highest BCUT2D eigenvalue weighted by molar-refractivity contribution is 7.99. The van der Waals surface area contributed by atoms with E-state index in [9.17, 15) is 28.4 Å². The third kappa shape index (κ3) is 4.98. The lowest BCUT2D eigenvalue weighted by atomic mass is 9.72. The van der Waals surface area contributed by atoms with Crippen molar-refractivity contribution in [2.24, 2.45) is 0 Å². The Morgan fingerprint density at radius 2 is 1.91 bits per heavy atom. The van der Waals surface area contributed by atoms with E-state index in [2.05, 4.69) is 11.4 Å². The Labute approximate surface area is 275 Å². The maximum Gasteiger partial charge on any atom is 0.337 e. The van der Waals surface area contributed by atoms with Gasteiger partial charge in [-0.25, -0.2) is 4.79 Å². The highest BCUT2D eigenvalue weighted by Crippen LogP contribution is 2.62. The molecule has 4 bridgehead atoms. The van der Waals surface area contributed by atoms with Gasteiger partial charge in [0.05, 0.1) is 36.8 Å². The number of phenolic OH excluding ortho intramolecular Hbond substituents is 1. The molecule has 14 nitrogen and oxygen atoms in total. The van der Waals surface area contributed by atoms with Crippen LogP contribution in [0.1, 0.15) is 57.6 Å². The fourth-order valence-corrected chi connectivity index (χ4v) is 9.97. The first-order chi connectivity index (χ1) is 22.3. The number of aryl methyl sites for hydroxylation is 1. The number of esters is 2. The second kappa shape index (κ2) is 11.4. The molecule has 16 heteroatoms. The lowest BCUT2D eigenvalue weighted by Gasteiger charge is -2.59. The molecule has 5 aliphatic heterocycles. The van der Waals surface area contributed by atoms with E-state index in [0.29, 0.717) is 45.9 Å². The number of carbonyl (C=O) groups excluding carboxylic acids is 2. The number of ether oxygens (including phenoxy) is 5. The number of piperazine rings is 1. The number of rotatable bonds is 4. The Morgan fingerprint density at radius 1 is 1.17 bits per heavy atom. The topological polar surface area (TPSA) is 183 Å². The van der Waals surface area contributed by atoms with E-state index in [4.69, 9.17) is 27.9 Å². The normalized spacial score (nSPS) is 29.1. The van der Waals surface area contributed by atoms with Crippen LogP contribution in [0.3, 0.4) is 0 Å². The summed E-state index contributed by atoms with van der Waals surface area (Å²) in [6.07, 6.45) is -0.183. The van der Waals surface area contributed by atoms with Gasteiger partial charge in [0.2, 0.25) is 6.79 Å². The van der Waals surface area contributed by atoms with Crippen LogP contribution in [-0.4, -0.2) is 87.1 Å². The third-order valence-electron chi connectivity index (χ3n) is 9.41. The standard InChI is InChI=1S/C31H33N3O11S2/c1-12-6-15-7-16-17(8-32)34-18-9-41-31(37)19(45-47(5,38)39)10-46-30(24(34)23(33-16)20(15)25(36)26(12)40-4)22-21(18)29-28(42-11-43-29)13(2)27(22)44-14(3)35/h6,16-19,23-24,30,33,36H,7,9-11H2,1-5H3/t16-,17+,18+,19+,23+,24?,30-/m1/s1. The summed E-state index contributed by atoms with van der Waals surface area (Å²) in [5, 5.41) is 25.3. The Balaban J connectivity index is 1.52. The number of aromatic hydroxyl groups is 1. The number of nitrogens with zero attached hydrogens (tertiary/aromatic N) is 2. The van der Waals surface area contributed by atoms with E-state index >= 15 is 0 Å². The van der Waals surface area contributed by atoms with Crippen LogP contribution in [0.25, 0.3) is 0 Å². The molecule has 47 heavy (non-hydrogen) atoms. The van der Waals surface area contributed by atoms with Gasteiger partial charge in [-0.2, -0.15) is 13.7 Å². The van der Waals surface area contributed by atoms with Crippen molar-refractivity contribution >= 4 is 33.8 Å². The highest BCUT2D eigenvalue weighted by Gasteiger charge is 2.59. The maximum atomic E-state index is 13.3. The van der Waals surface area contributed by atoms with Crippen LogP contribution in [0, 0.1) is 25.2 Å². The third-order valence-corrected chi connectivity index (χ3v) is 11.4. The minimum Gasteiger partial charge on any atom is -0.504 e. The monoisotopic (exact) mass is 687 g/mol. The number of fused-ring (bicyclic) bond motifs is 9. The lowest BCUT2D eigenvalue weighted by molar-refractivity contribution is -0.154. The summed E-state index contributed by atoms with van der Waals surface area (Å²) in [6.45, 7) is 4.47. The highest BCUT2D eigenvalue weighted by atomic mass is 32.2. The number of thioether (sulfide) groups is 1. The molecule has 5 heterocycles. The fraction of sp³-hybridized carbons (Fsp3) is 0.516. The zero-order valence-electron chi connectivity index (χ0n) is 26.2. The molecule has 0 radical (unpaired) electrons. The Bertz CT molecular complexity index is 1860. The van der Waals surface area contributed by atoms with Crippen molar-refractivity contribution in [2.45, 2.75) is 68.8 Å². The van der Waals surface area contributed by atoms with Gasteiger partial charge in [0.1, 0.15) is 18.4 Å². The van der Waals surface area contributed by atoms with Gasteiger partial charge in [-0.05, 0) is 31.4 Å². The zero-order valence-corrected chi connectivity index (χ0v) is 27.8. The van der Waals surface area contributed by atoms with Crippen LogP contribution < -0.4 is 24.3 Å². The van der Waals surface area contributed by atoms with Gasteiger partial charge in [0.25, 0.3) is 10.1 Å².